The second-order valence-corrected chi connectivity index (χ2v) is 10.5. The Bertz CT molecular complexity index is 1270. The smallest absolute Gasteiger partial charge is 0.206 e. The number of hydrogen-bond acceptors (Lipinski definition) is 8. The van der Waals surface area contributed by atoms with Gasteiger partial charge in [-0.2, -0.15) is 0 Å². The van der Waals surface area contributed by atoms with E-state index in [1.807, 2.05) is 55.4 Å². The Labute approximate surface area is 297 Å². The van der Waals surface area contributed by atoms with Crippen LogP contribution in [0.15, 0.2) is 129 Å². The van der Waals surface area contributed by atoms with Crippen molar-refractivity contribution >= 4 is 19.7 Å². The number of rotatable bonds is 4. The van der Waals surface area contributed by atoms with E-state index in [1.165, 1.54) is 48.5 Å². The Balaban J connectivity index is -0.000000175. The van der Waals surface area contributed by atoms with Crippen molar-refractivity contribution in [2.45, 2.75) is 75.0 Å². The van der Waals surface area contributed by atoms with Gasteiger partial charge in [-0.3, -0.25) is 0 Å². The molecule has 0 aliphatic carbocycles. The molecule has 0 fully saturated rings. The molecule has 0 unspecified atom stereocenters. The fourth-order valence-corrected chi connectivity index (χ4v) is 5.29. The largest absolute Gasteiger partial charge is 0.508 e. The van der Waals surface area contributed by atoms with E-state index in [0.29, 0.717) is 0 Å². The zero-order valence-corrected chi connectivity index (χ0v) is 32.7. The molecule has 0 aromatic heterocycles. The Hall–Kier alpha value is -2.60. The SMILES string of the molecule is CC.CC.CC.CC.CO.CO.O=S(=O)(c1ccccc1)c1ccc(O)cc1.O=S(=O)(c1ccccc1)c1ccc(O)cc1.[Y]. The topological polar surface area (TPSA) is 149 Å². The summed E-state index contributed by atoms with van der Waals surface area (Å²) in [5.74, 6) is 0.0963. The maximum Gasteiger partial charge on any atom is 0.206 e. The Morgan fingerprint density at radius 2 is 0.533 bits per heavy atom. The molecule has 251 valence electrons. The normalized spacial score (nSPS) is 8.80. The molecule has 0 aliphatic heterocycles. The molecule has 4 N–H and O–H groups in total. The first-order valence-corrected chi connectivity index (χ1v) is 17.3. The van der Waals surface area contributed by atoms with E-state index in [4.69, 9.17) is 20.4 Å². The van der Waals surface area contributed by atoms with Crippen molar-refractivity contribution in [1.82, 2.24) is 0 Å². The molecule has 0 amide bonds. The molecule has 4 aromatic rings. The van der Waals surface area contributed by atoms with Crippen LogP contribution in [-0.4, -0.2) is 51.5 Å². The molecular formula is C34H52O8S2Y. The maximum absolute atomic E-state index is 12.1. The Morgan fingerprint density at radius 1 is 0.356 bits per heavy atom. The van der Waals surface area contributed by atoms with Gasteiger partial charge in [0.2, 0.25) is 19.7 Å². The minimum Gasteiger partial charge on any atom is -0.508 e. The predicted octanol–water partition coefficient (Wildman–Crippen LogP) is 7.77. The number of sulfone groups is 2. The van der Waals surface area contributed by atoms with Crippen molar-refractivity contribution in [3.63, 3.8) is 0 Å². The summed E-state index contributed by atoms with van der Waals surface area (Å²) in [7, 11) is -4.93. The number of hydrogen-bond donors (Lipinski definition) is 4. The van der Waals surface area contributed by atoms with Crippen molar-refractivity contribution in [1.29, 1.82) is 0 Å². The van der Waals surface area contributed by atoms with Gasteiger partial charge in [0.1, 0.15) is 11.5 Å². The van der Waals surface area contributed by atoms with Crippen LogP contribution in [0.5, 0.6) is 11.5 Å². The molecule has 0 saturated heterocycles. The number of aromatic hydroxyl groups is 2. The van der Waals surface area contributed by atoms with Gasteiger partial charge in [-0.05, 0) is 72.8 Å². The van der Waals surface area contributed by atoms with Gasteiger partial charge < -0.3 is 20.4 Å². The minimum atomic E-state index is -3.47. The van der Waals surface area contributed by atoms with Gasteiger partial charge in [-0.15, -0.1) is 0 Å². The van der Waals surface area contributed by atoms with E-state index >= 15 is 0 Å². The third-order valence-electron chi connectivity index (χ3n) is 4.40. The molecule has 0 heterocycles. The minimum absolute atomic E-state index is 0. The molecule has 4 rings (SSSR count). The average Bonchev–Trinajstić information content (AvgIpc) is 3.11. The molecule has 4 aromatic carbocycles. The molecule has 0 aliphatic rings. The summed E-state index contributed by atoms with van der Waals surface area (Å²) in [6.45, 7) is 16.0. The van der Waals surface area contributed by atoms with Crippen molar-refractivity contribution in [3.05, 3.63) is 109 Å². The van der Waals surface area contributed by atoms with Crippen molar-refractivity contribution < 1.29 is 70.0 Å². The number of phenolic OH excluding ortho intramolecular Hbond substituents is 2. The van der Waals surface area contributed by atoms with Crippen LogP contribution in [0.2, 0.25) is 0 Å². The summed E-state index contributed by atoms with van der Waals surface area (Å²) < 4.78 is 48.3. The zero-order chi connectivity index (χ0) is 35.2. The summed E-state index contributed by atoms with van der Waals surface area (Å²) in [5, 5.41) is 32.2. The third kappa shape index (κ3) is 19.5. The molecule has 8 nitrogen and oxygen atoms in total. The summed E-state index contributed by atoms with van der Waals surface area (Å²) in [6.07, 6.45) is 0. The predicted molar refractivity (Wildman–Crippen MR) is 182 cm³/mol. The third-order valence-corrected chi connectivity index (χ3v) is 7.97. The fourth-order valence-electron chi connectivity index (χ4n) is 2.72. The standard InChI is InChI=1S/2C12H10O3S.4C2H6.2CH4O.Y/c2*13-10-6-8-12(9-7-10)16(14,15)11-4-2-1-3-5-11;6*1-2;/h2*1-9,13H;4*1-2H3;2*2H,1H3;. The van der Waals surface area contributed by atoms with Crippen LogP contribution in [0.25, 0.3) is 0 Å². The van der Waals surface area contributed by atoms with E-state index in [1.54, 1.807) is 60.7 Å². The average molecular weight is 742 g/mol. The maximum atomic E-state index is 12.1. The quantitative estimate of drug-likeness (QED) is 0.166. The van der Waals surface area contributed by atoms with Crippen LogP contribution in [0, 0.1) is 0 Å². The summed E-state index contributed by atoms with van der Waals surface area (Å²) in [4.78, 5) is 0.856. The Morgan fingerprint density at radius 3 is 0.733 bits per heavy atom. The molecule has 1 radical (unpaired) electrons. The summed E-state index contributed by atoms with van der Waals surface area (Å²) in [6, 6.07) is 27.4. The van der Waals surface area contributed by atoms with E-state index < -0.39 is 19.7 Å². The summed E-state index contributed by atoms with van der Waals surface area (Å²) in [5.41, 5.74) is 0. The van der Waals surface area contributed by atoms with E-state index in [0.717, 1.165) is 14.2 Å². The number of aliphatic hydroxyl groups is 2. The molecule has 0 atom stereocenters. The van der Waals surface area contributed by atoms with Crippen LogP contribution in [0.3, 0.4) is 0 Å². The van der Waals surface area contributed by atoms with Gasteiger partial charge in [-0.1, -0.05) is 91.8 Å². The van der Waals surface area contributed by atoms with Crippen molar-refractivity contribution in [2.24, 2.45) is 0 Å². The van der Waals surface area contributed by atoms with Crippen LogP contribution in [0.1, 0.15) is 55.4 Å². The van der Waals surface area contributed by atoms with Gasteiger partial charge in [0.05, 0.1) is 19.6 Å². The van der Waals surface area contributed by atoms with E-state index in [9.17, 15) is 16.8 Å². The van der Waals surface area contributed by atoms with Gasteiger partial charge in [0.15, 0.2) is 0 Å². The Kier molecular flexibility index (Phi) is 37.9. The van der Waals surface area contributed by atoms with Crippen molar-refractivity contribution in [2.75, 3.05) is 14.2 Å². The second-order valence-electron chi connectivity index (χ2n) is 6.62. The van der Waals surface area contributed by atoms with Gasteiger partial charge in [0.25, 0.3) is 0 Å². The van der Waals surface area contributed by atoms with E-state index in [2.05, 4.69) is 0 Å². The van der Waals surface area contributed by atoms with Crippen LogP contribution < -0.4 is 0 Å². The first kappa shape index (κ1) is 52.0. The van der Waals surface area contributed by atoms with E-state index in [-0.39, 0.29) is 63.8 Å². The van der Waals surface area contributed by atoms with Gasteiger partial charge >= 0.3 is 0 Å². The van der Waals surface area contributed by atoms with Gasteiger partial charge in [-0.25, -0.2) is 16.8 Å². The molecule has 0 bridgehead atoms. The molecule has 11 heteroatoms. The van der Waals surface area contributed by atoms with Crippen molar-refractivity contribution in [3.8, 4) is 11.5 Å². The molecular weight excluding hydrogens is 689 g/mol. The molecule has 0 spiro atoms. The second kappa shape index (κ2) is 32.8. The molecule has 45 heavy (non-hydrogen) atoms. The fraction of sp³-hybridized carbons (Fsp3) is 0.294. The van der Waals surface area contributed by atoms with Crippen LogP contribution >= 0.6 is 0 Å². The first-order chi connectivity index (χ1) is 21.2. The monoisotopic (exact) mass is 741 g/mol. The number of phenols is 2. The summed E-state index contributed by atoms with van der Waals surface area (Å²) >= 11 is 0. The van der Waals surface area contributed by atoms with Crippen LogP contribution in [0.4, 0.5) is 0 Å². The number of benzene rings is 4. The first-order valence-electron chi connectivity index (χ1n) is 14.3. The van der Waals surface area contributed by atoms with Gasteiger partial charge in [0, 0.05) is 46.9 Å². The molecule has 0 saturated carbocycles. The van der Waals surface area contributed by atoms with Crippen LogP contribution in [-0.2, 0) is 52.4 Å². The zero-order valence-electron chi connectivity index (χ0n) is 28.2. The number of aliphatic hydroxyl groups excluding tert-OH is 2.